The van der Waals surface area contributed by atoms with Gasteiger partial charge in [0.2, 0.25) is 0 Å². The number of hydrazone groups is 1. The number of aromatic nitrogens is 2. The summed E-state index contributed by atoms with van der Waals surface area (Å²) in [4.78, 5) is 7.97. The van der Waals surface area contributed by atoms with Crippen LogP contribution in [0.5, 0.6) is 5.75 Å². The van der Waals surface area contributed by atoms with E-state index in [0.717, 1.165) is 0 Å². The van der Waals surface area contributed by atoms with Crippen molar-refractivity contribution in [2.24, 2.45) is 5.10 Å². The van der Waals surface area contributed by atoms with Crippen molar-refractivity contribution in [3.63, 3.8) is 0 Å². The van der Waals surface area contributed by atoms with Crippen molar-refractivity contribution in [1.29, 1.82) is 0 Å². The van der Waals surface area contributed by atoms with Gasteiger partial charge in [-0.05, 0) is 19.1 Å². The second-order valence-corrected chi connectivity index (χ2v) is 4.39. The van der Waals surface area contributed by atoms with Crippen LogP contribution in [0.2, 0.25) is 5.15 Å². The Hall–Kier alpha value is -2.18. The summed E-state index contributed by atoms with van der Waals surface area (Å²) in [5, 5.41) is 23.5. The Morgan fingerprint density at radius 1 is 1.45 bits per heavy atom. The van der Waals surface area contributed by atoms with Gasteiger partial charge in [0.1, 0.15) is 16.7 Å². The topological polar surface area (TPSA) is 90.6 Å². The maximum Gasteiger partial charge on any atom is 0.147 e. The van der Waals surface area contributed by atoms with Crippen molar-refractivity contribution in [3.05, 3.63) is 46.4 Å². The van der Waals surface area contributed by atoms with Gasteiger partial charge in [0, 0.05) is 17.3 Å². The lowest BCUT2D eigenvalue weighted by Crippen LogP contribution is -2.00. The number of nitrogens with one attached hydrogen (secondary N) is 1. The fourth-order valence-electron chi connectivity index (χ4n) is 1.56. The van der Waals surface area contributed by atoms with Gasteiger partial charge in [-0.25, -0.2) is 4.98 Å². The van der Waals surface area contributed by atoms with Crippen LogP contribution in [-0.2, 0) is 6.61 Å². The number of aromatic hydroxyl groups is 1. The molecule has 20 heavy (non-hydrogen) atoms. The Labute approximate surface area is 120 Å². The van der Waals surface area contributed by atoms with Crippen molar-refractivity contribution in [2.45, 2.75) is 13.5 Å². The summed E-state index contributed by atoms with van der Waals surface area (Å²) in [5.41, 5.74) is 4.05. The van der Waals surface area contributed by atoms with Crippen LogP contribution in [0, 0.1) is 6.92 Å². The maximum atomic E-state index is 9.92. The predicted octanol–water partition coefficient (Wildman–Crippen LogP) is 2.08. The summed E-state index contributed by atoms with van der Waals surface area (Å²) in [6.07, 6.45) is 2.90. The van der Waals surface area contributed by atoms with E-state index in [-0.39, 0.29) is 12.4 Å². The first-order chi connectivity index (χ1) is 9.61. The quantitative estimate of drug-likeness (QED) is 0.456. The van der Waals surface area contributed by atoms with E-state index >= 15 is 0 Å². The number of rotatable bonds is 4. The molecule has 0 aliphatic carbocycles. The van der Waals surface area contributed by atoms with E-state index in [1.54, 1.807) is 25.1 Å². The normalized spacial score (nSPS) is 10.9. The molecule has 0 aliphatic heterocycles. The molecule has 3 N–H and O–H groups in total. The largest absolute Gasteiger partial charge is 0.505 e. The second-order valence-electron chi connectivity index (χ2n) is 4.00. The molecule has 0 saturated carbocycles. The molecule has 2 heterocycles. The van der Waals surface area contributed by atoms with E-state index < -0.39 is 0 Å². The number of hydrogen-bond donors (Lipinski definition) is 3. The van der Waals surface area contributed by atoms with Gasteiger partial charge in [0.05, 0.1) is 18.5 Å². The molecular weight excluding hydrogens is 280 g/mol. The predicted molar refractivity (Wildman–Crippen MR) is 77.0 cm³/mol. The Morgan fingerprint density at radius 3 is 2.95 bits per heavy atom. The third-order valence-corrected chi connectivity index (χ3v) is 2.83. The van der Waals surface area contributed by atoms with Gasteiger partial charge in [0.15, 0.2) is 0 Å². The second kappa shape index (κ2) is 6.31. The molecule has 0 aromatic carbocycles. The lowest BCUT2D eigenvalue weighted by Gasteiger charge is -2.07. The fraction of sp³-hybridized carbons (Fsp3) is 0.154. The van der Waals surface area contributed by atoms with Gasteiger partial charge < -0.3 is 10.2 Å². The number of hydrogen-bond acceptors (Lipinski definition) is 6. The number of anilines is 1. The molecule has 0 spiro atoms. The molecular formula is C13H13ClN4O2. The van der Waals surface area contributed by atoms with E-state index in [1.807, 2.05) is 0 Å². The maximum absolute atomic E-state index is 9.92. The van der Waals surface area contributed by atoms with E-state index in [4.69, 9.17) is 11.6 Å². The summed E-state index contributed by atoms with van der Waals surface area (Å²) in [7, 11) is 0. The van der Waals surface area contributed by atoms with Crippen molar-refractivity contribution in [2.75, 3.05) is 5.43 Å². The minimum absolute atomic E-state index is 0.0128. The van der Waals surface area contributed by atoms with Crippen molar-refractivity contribution >= 4 is 23.6 Å². The van der Waals surface area contributed by atoms with Crippen LogP contribution in [0.4, 0.5) is 5.82 Å². The van der Waals surface area contributed by atoms with Gasteiger partial charge in [-0.2, -0.15) is 5.10 Å². The highest BCUT2D eigenvalue weighted by Gasteiger charge is 2.09. The summed E-state index contributed by atoms with van der Waals surface area (Å²) in [5.74, 6) is 0.464. The molecule has 2 rings (SSSR count). The number of nitrogens with zero attached hydrogens (tertiary/aromatic N) is 3. The molecule has 0 amide bonds. The number of aliphatic hydroxyl groups is 1. The van der Waals surface area contributed by atoms with Crippen LogP contribution in [0.1, 0.15) is 16.8 Å². The lowest BCUT2D eigenvalue weighted by molar-refractivity contribution is 0.280. The van der Waals surface area contributed by atoms with Crippen LogP contribution < -0.4 is 5.43 Å². The van der Waals surface area contributed by atoms with Crippen LogP contribution >= 0.6 is 11.6 Å². The molecule has 2 aromatic heterocycles. The molecule has 0 fully saturated rings. The number of aryl methyl sites for hydroxylation is 1. The highest BCUT2D eigenvalue weighted by atomic mass is 35.5. The molecule has 0 saturated heterocycles. The molecule has 0 radical (unpaired) electrons. The molecule has 0 atom stereocenters. The van der Waals surface area contributed by atoms with Crippen molar-refractivity contribution in [3.8, 4) is 5.75 Å². The first-order valence-electron chi connectivity index (χ1n) is 5.81. The molecule has 7 heteroatoms. The Kier molecular flexibility index (Phi) is 4.49. The molecule has 6 nitrogen and oxygen atoms in total. The minimum atomic E-state index is -0.238. The lowest BCUT2D eigenvalue weighted by atomic mass is 10.1. The number of halogens is 1. The average Bonchev–Trinajstić information content (AvgIpc) is 2.44. The zero-order valence-corrected chi connectivity index (χ0v) is 11.5. The number of pyridine rings is 2. The van der Waals surface area contributed by atoms with Crippen LogP contribution in [0.25, 0.3) is 0 Å². The number of aliphatic hydroxyl groups excluding tert-OH is 1. The molecule has 0 aliphatic rings. The molecule has 104 valence electrons. The first kappa shape index (κ1) is 14.2. The van der Waals surface area contributed by atoms with E-state index in [0.29, 0.717) is 27.8 Å². The monoisotopic (exact) mass is 292 g/mol. The van der Waals surface area contributed by atoms with Crippen molar-refractivity contribution in [1.82, 2.24) is 9.97 Å². The first-order valence-corrected chi connectivity index (χ1v) is 6.19. The fourth-order valence-corrected chi connectivity index (χ4v) is 1.72. The SMILES string of the molecule is Cc1ncc(CO)c(C=NNc2cccc(Cl)n2)c1O. The highest BCUT2D eigenvalue weighted by molar-refractivity contribution is 6.29. The van der Waals surface area contributed by atoms with E-state index in [1.165, 1.54) is 12.4 Å². The van der Waals surface area contributed by atoms with Crippen LogP contribution in [0.15, 0.2) is 29.5 Å². The minimum Gasteiger partial charge on any atom is -0.505 e. The smallest absolute Gasteiger partial charge is 0.147 e. The van der Waals surface area contributed by atoms with Crippen LogP contribution in [0.3, 0.4) is 0 Å². The average molecular weight is 293 g/mol. The van der Waals surface area contributed by atoms with E-state index in [9.17, 15) is 10.2 Å². The Balaban J connectivity index is 2.21. The summed E-state index contributed by atoms with van der Waals surface area (Å²) >= 11 is 5.75. The van der Waals surface area contributed by atoms with Crippen LogP contribution in [-0.4, -0.2) is 26.4 Å². The van der Waals surface area contributed by atoms with Gasteiger partial charge in [-0.1, -0.05) is 17.7 Å². The summed E-state index contributed by atoms with van der Waals surface area (Å²) < 4.78 is 0. The zero-order valence-electron chi connectivity index (χ0n) is 10.7. The van der Waals surface area contributed by atoms with E-state index in [2.05, 4.69) is 20.5 Å². The highest BCUT2D eigenvalue weighted by Crippen LogP contribution is 2.22. The van der Waals surface area contributed by atoms with Gasteiger partial charge in [-0.15, -0.1) is 0 Å². The molecule has 2 aromatic rings. The van der Waals surface area contributed by atoms with Crippen molar-refractivity contribution < 1.29 is 10.2 Å². The standard InChI is InChI=1S/C13H13ClN4O2/c1-8-13(20)10(9(7-19)5-15-8)6-16-18-12-4-2-3-11(14)17-12/h2-6,19-20H,7H2,1H3,(H,17,18). The third kappa shape index (κ3) is 3.23. The van der Waals surface area contributed by atoms with Gasteiger partial charge in [0.25, 0.3) is 0 Å². The molecule has 0 bridgehead atoms. The summed E-state index contributed by atoms with van der Waals surface area (Å²) in [6, 6.07) is 5.09. The zero-order chi connectivity index (χ0) is 14.5. The Morgan fingerprint density at radius 2 is 2.25 bits per heavy atom. The molecule has 0 unspecified atom stereocenters. The Bertz CT molecular complexity index is 646. The van der Waals surface area contributed by atoms with Gasteiger partial charge >= 0.3 is 0 Å². The summed E-state index contributed by atoms with van der Waals surface area (Å²) in [6.45, 7) is 1.43. The third-order valence-electron chi connectivity index (χ3n) is 2.62. The van der Waals surface area contributed by atoms with Gasteiger partial charge in [-0.3, -0.25) is 10.4 Å².